The van der Waals surface area contributed by atoms with Gasteiger partial charge in [-0.05, 0) is 43.0 Å². The molecule has 0 N–H and O–H groups in total. The van der Waals surface area contributed by atoms with Crippen molar-refractivity contribution in [2.75, 3.05) is 26.0 Å². The van der Waals surface area contributed by atoms with Crippen LogP contribution in [0.15, 0.2) is 53.8 Å². The Kier molecular flexibility index (Phi) is 6.32. The number of nitrogens with zero attached hydrogens (tertiary/aromatic N) is 5. The Morgan fingerprint density at radius 1 is 1.23 bits per heavy atom. The number of methoxy groups -OCH3 is 1. The maximum Gasteiger partial charge on any atom is 0.233 e. The molecule has 3 aromatic rings. The van der Waals surface area contributed by atoms with Crippen LogP contribution in [0.2, 0.25) is 0 Å². The van der Waals surface area contributed by atoms with Gasteiger partial charge in [-0.3, -0.25) is 14.3 Å². The molecule has 1 aromatic carbocycles. The van der Waals surface area contributed by atoms with Gasteiger partial charge in [0.25, 0.3) is 0 Å². The van der Waals surface area contributed by atoms with Gasteiger partial charge in [0.1, 0.15) is 11.4 Å². The predicted octanol–water partition coefficient (Wildman–Crippen LogP) is 3.69. The Balaban J connectivity index is 1.63. The molecule has 0 saturated carbocycles. The van der Waals surface area contributed by atoms with Crippen molar-refractivity contribution in [2.45, 2.75) is 24.9 Å². The smallest absolute Gasteiger partial charge is 0.233 e. The van der Waals surface area contributed by atoms with Crippen molar-refractivity contribution >= 4 is 17.7 Å². The largest absolute Gasteiger partial charge is 0.497 e. The number of piperidine rings is 1. The van der Waals surface area contributed by atoms with Crippen LogP contribution in [0, 0.1) is 5.92 Å². The summed E-state index contributed by atoms with van der Waals surface area (Å²) in [5.74, 6) is 2.40. The highest BCUT2D eigenvalue weighted by atomic mass is 32.2. The highest BCUT2D eigenvalue weighted by Crippen LogP contribution is 2.29. The summed E-state index contributed by atoms with van der Waals surface area (Å²) in [7, 11) is 1.64. The summed E-state index contributed by atoms with van der Waals surface area (Å²) in [6.07, 6.45) is 3.99. The molecule has 1 amide bonds. The lowest BCUT2D eigenvalue weighted by molar-refractivity contribution is -0.130. The minimum atomic E-state index is 0.145. The second kappa shape index (κ2) is 9.30. The molecular formula is C22H25N5O2S. The summed E-state index contributed by atoms with van der Waals surface area (Å²) in [5.41, 5.74) is 1.58. The number of likely N-dealkylation sites (tertiary alicyclic amines) is 1. The first-order valence-electron chi connectivity index (χ1n) is 10.1. The Labute approximate surface area is 180 Å². The van der Waals surface area contributed by atoms with E-state index in [0.717, 1.165) is 36.6 Å². The van der Waals surface area contributed by atoms with Gasteiger partial charge in [0.2, 0.25) is 5.91 Å². The number of ether oxygens (including phenoxy) is 1. The standard InChI is InChI=1S/C22H25N5O2S/c1-16-7-6-12-26(14-16)20(28)15-30-22-25-24-21(19-10-3-4-11-23-19)27(22)17-8-5-9-18(13-17)29-2/h3-5,8-11,13,16H,6-7,12,14-15H2,1-2H3/t16-/m0/s1. The van der Waals surface area contributed by atoms with Gasteiger partial charge in [0, 0.05) is 25.4 Å². The van der Waals surface area contributed by atoms with Crippen LogP contribution in [0.3, 0.4) is 0 Å². The molecular weight excluding hydrogens is 398 g/mol. The van der Waals surface area contributed by atoms with Crippen molar-refractivity contribution in [3.63, 3.8) is 0 Å². The van der Waals surface area contributed by atoms with Crippen molar-refractivity contribution in [1.82, 2.24) is 24.6 Å². The van der Waals surface area contributed by atoms with Crippen LogP contribution in [0.5, 0.6) is 5.75 Å². The molecule has 1 saturated heterocycles. The number of carbonyl (C=O) groups is 1. The van der Waals surface area contributed by atoms with Crippen molar-refractivity contribution in [1.29, 1.82) is 0 Å². The molecule has 156 valence electrons. The van der Waals surface area contributed by atoms with Gasteiger partial charge in [-0.25, -0.2) is 0 Å². The van der Waals surface area contributed by atoms with Gasteiger partial charge in [0.05, 0.1) is 18.6 Å². The molecule has 30 heavy (non-hydrogen) atoms. The van der Waals surface area contributed by atoms with E-state index >= 15 is 0 Å². The van der Waals surface area contributed by atoms with Gasteiger partial charge in [-0.2, -0.15) is 0 Å². The molecule has 0 radical (unpaired) electrons. The van der Waals surface area contributed by atoms with Gasteiger partial charge < -0.3 is 9.64 Å². The third-order valence-corrected chi connectivity index (χ3v) is 6.09. The third-order valence-electron chi connectivity index (χ3n) is 5.17. The van der Waals surface area contributed by atoms with Gasteiger partial charge >= 0.3 is 0 Å². The average molecular weight is 424 g/mol. The SMILES string of the molecule is COc1cccc(-n2c(SCC(=O)N3CCC[C@H](C)C3)nnc2-c2ccccn2)c1. The molecule has 1 fully saturated rings. The monoisotopic (exact) mass is 423 g/mol. The maximum absolute atomic E-state index is 12.8. The molecule has 0 unspecified atom stereocenters. The highest BCUT2D eigenvalue weighted by Gasteiger charge is 2.23. The molecule has 1 aliphatic rings. The van der Waals surface area contributed by atoms with Crippen LogP contribution in [0.4, 0.5) is 0 Å². The van der Waals surface area contributed by atoms with Crippen LogP contribution in [-0.4, -0.2) is 56.5 Å². The fourth-order valence-corrected chi connectivity index (χ4v) is 4.49. The fourth-order valence-electron chi connectivity index (χ4n) is 3.64. The first kappa shape index (κ1) is 20.4. The van der Waals surface area contributed by atoms with E-state index < -0.39 is 0 Å². The third kappa shape index (κ3) is 4.48. The Bertz CT molecular complexity index is 1010. The van der Waals surface area contributed by atoms with E-state index in [1.165, 1.54) is 18.2 Å². The van der Waals surface area contributed by atoms with Crippen molar-refractivity contribution in [3.05, 3.63) is 48.7 Å². The van der Waals surface area contributed by atoms with Crippen LogP contribution in [0.25, 0.3) is 17.2 Å². The normalized spacial score (nSPS) is 16.5. The molecule has 7 nitrogen and oxygen atoms in total. The minimum Gasteiger partial charge on any atom is -0.497 e. The van der Waals surface area contributed by atoms with Gasteiger partial charge in [-0.15, -0.1) is 10.2 Å². The molecule has 1 aliphatic heterocycles. The van der Waals surface area contributed by atoms with Crippen molar-refractivity contribution < 1.29 is 9.53 Å². The lowest BCUT2D eigenvalue weighted by atomic mass is 10.0. The molecule has 1 atom stereocenters. The van der Waals surface area contributed by atoms with E-state index in [2.05, 4.69) is 22.1 Å². The van der Waals surface area contributed by atoms with Crippen LogP contribution < -0.4 is 4.74 Å². The summed E-state index contributed by atoms with van der Waals surface area (Å²) in [5, 5.41) is 9.42. The number of aromatic nitrogens is 4. The van der Waals surface area contributed by atoms with E-state index in [9.17, 15) is 4.79 Å². The van der Waals surface area contributed by atoms with Gasteiger partial charge in [0.15, 0.2) is 11.0 Å². The second-order valence-corrected chi connectivity index (χ2v) is 8.38. The fraction of sp³-hybridized carbons (Fsp3) is 0.364. The molecule has 4 rings (SSSR count). The van der Waals surface area contributed by atoms with Crippen molar-refractivity contribution in [2.24, 2.45) is 5.92 Å². The molecule has 0 bridgehead atoms. The number of pyridine rings is 1. The van der Waals surface area contributed by atoms with E-state index in [-0.39, 0.29) is 5.91 Å². The van der Waals surface area contributed by atoms with Gasteiger partial charge in [-0.1, -0.05) is 30.8 Å². The Hall–Kier alpha value is -2.87. The molecule has 0 spiro atoms. The molecule has 2 aromatic heterocycles. The molecule has 3 heterocycles. The van der Waals surface area contributed by atoms with Crippen LogP contribution >= 0.6 is 11.8 Å². The number of benzene rings is 1. The van der Waals surface area contributed by atoms with Crippen LogP contribution in [0.1, 0.15) is 19.8 Å². The van der Waals surface area contributed by atoms with E-state index in [1.807, 2.05) is 51.9 Å². The summed E-state index contributed by atoms with van der Waals surface area (Å²) >= 11 is 1.40. The van der Waals surface area contributed by atoms with Crippen molar-refractivity contribution in [3.8, 4) is 23.0 Å². The van der Waals surface area contributed by atoms with E-state index in [1.54, 1.807) is 13.3 Å². The van der Waals surface area contributed by atoms with Crippen LogP contribution in [-0.2, 0) is 4.79 Å². The summed E-state index contributed by atoms with van der Waals surface area (Å²) < 4.78 is 7.32. The number of hydrogen-bond donors (Lipinski definition) is 0. The Morgan fingerprint density at radius 3 is 2.90 bits per heavy atom. The minimum absolute atomic E-state index is 0.145. The topological polar surface area (TPSA) is 73.1 Å². The zero-order valence-corrected chi connectivity index (χ0v) is 18.0. The zero-order valence-electron chi connectivity index (χ0n) is 17.2. The number of thioether (sulfide) groups is 1. The number of carbonyl (C=O) groups excluding carboxylic acids is 1. The van der Waals surface area contributed by atoms with E-state index in [4.69, 9.17) is 4.74 Å². The maximum atomic E-state index is 12.8. The first-order chi connectivity index (χ1) is 14.7. The number of amides is 1. The average Bonchev–Trinajstić information content (AvgIpc) is 3.22. The first-order valence-corrected chi connectivity index (χ1v) is 11.1. The Morgan fingerprint density at radius 2 is 2.13 bits per heavy atom. The summed E-state index contributed by atoms with van der Waals surface area (Å²) in [6.45, 7) is 3.87. The highest BCUT2D eigenvalue weighted by molar-refractivity contribution is 7.99. The summed E-state index contributed by atoms with van der Waals surface area (Å²) in [6, 6.07) is 13.4. The quantitative estimate of drug-likeness (QED) is 0.563. The van der Waals surface area contributed by atoms with E-state index in [0.29, 0.717) is 22.7 Å². The lowest BCUT2D eigenvalue weighted by Gasteiger charge is -2.30. The summed E-state index contributed by atoms with van der Waals surface area (Å²) in [4.78, 5) is 19.2. The number of hydrogen-bond acceptors (Lipinski definition) is 6. The second-order valence-electron chi connectivity index (χ2n) is 7.43. The lowest BCUT2D eigenvalue weighted by Crippen LogP contribution is -2.40. The molecule has 0 aliphatic carbocycles. The molecule has 8 heteroatoms. The number of rotatable bonds is 6. The zero-order chi connectivity index (χ0) is 20.9. The predicted molar refractivity (Wildman–Crippen MR) is 117 cm³/mol.